The van der Waals surface area contributed by atoms with Crippen molar-refractivity contribution < 1.29 is 14.7 Å². The summed E-state index contributed by atoms with van der Waals surface area (Å²) in [6.07, 6.45) is 2.86. The maximum Gasteiger partial charge on any atom is 0.306 e. The van der Waals surface area contributed by atoms with E-state index in [2.05, 4.69) is 0 Å². The molecule has 5 nitrogen and oxygen atoms in total. The van der Waals surface area contributed by atoms with Gasteiger partial charge in [-0.2, -0.15) is 0 Å². The summed E-state index contributed by atoms with van der Waals surface area (Å²) in [7, 11) is 0. The maximum atomic E-state index is 12.2. The van der Waals surface area contributed by atoms with Crippen LogP contribution in [0.3, 0.4) is 0 Å². The van der Waals surface area contributed by atoms with Crippen molar-refractivity contribution in [1.82, 2.24) is 4.90 Å². The Balaban J connectivity index is 1.87. The van der Waals surface area contributed by atoms with Crippen molar-refractivity contribution in [1.29, 1.82) is 0 Å². The minimum atomic E-state index is -0.762. The van der Waals surface area contributed by atoms with Gasteiger partial charge in [-0.05, 0) is 38.1 Å². The van der Waals surface area contributed by atoms with E-state index in [1.165, 1.54) is 0 Å². The second kappa shape index (κ2) is 5.04. The molecule has 1 aliphatic carbocycles. The third kappa shape index (κ3) is 2.60. The number of hydrogen-bond donors (Lipinski definition) is 2. The normalized spacial score (nSPS) is 33.0. The third-order valence-corrected chi connectivity index (χ3v) is 4.06. The third-order valence-electron chi connectivity index (χ3n) is 4.06. The first kappa shape index (κ1) is 12.4. The number of rotatable bonds is 3. The molecule has 2 aliphatic rings. The molecule has 0 radical (unpaired) electrons. The zero-order chi connectivity index (χ0) is 12.4. The molecule has 3 N–H and O–H groups in total. The lowest BCUT2D eigenvalue weighted by Gasteiger charge is -2.20. The summed E-state index contributed by atoms with van der Waals surface area (Å²) >= 11 is 0. The number of nitrogens with zero attached hydrogens (tertiary/aromatic N) is 1. The van der Waals surface area contributed by atoms with E-state index in [0.29, 0.717) is 25.3 Å². The summed E-state index contributed by atoms with van der Waals surface area (Å²) in [6.45, 7) is 2.17. The van der Waals surface area contributed by atoms with Gasteiger partial charge in [-0.1, -0.05) is 0 Å². The van der Waals surface area contributed by atoms with Gasteiger partial charge in [0.25, 0.3) is 0 Å². The number of hydrogen-bond acceptors (Lipinski definition) is 3. The molecule has 5 heteroatoms. The van der Waals surface area contributed by atoms with Crippen LogP contribution in [0.2, 0.25) is 0 Å². The number of nitrogens with two attached hydrogens (primary N) is 1. The van der Waals surface area contributed by atoms with Crippen LogP contribution in [-0.2, 0) is 9.59 Å². The largest absolute Gasteiger partial charge is 0.481 e. The van der Waals surface area contributed by atoms with E-state index in [0.717, 1.165) is 25.9 Å². The molecule has 1 heterocycles. The SMILES string of the molecule is NCC1CCN(C(=O)C2CCC(C(=O)O)C2)C1. The van der Waals surface area contributed by atoms with E-state index in [-0.39, 0.29) is 17.7 Å². The van der Waals surface area contributed by atoms with E-state index < -0.39 is 5.97 Å². The Morgan fingerprint density at radius 3 is 2.47 bits per heavy atom. The maximum absolute atomic E-state index is 12.2. The van der Waals surface area contributed by atoms with Crippen LogP contribution in [0.25, 0.3) is 0 Å². The second-order valence-electron chi connectivity index (χ2n) is 5.22. The van der Waals surface area contributed by atoms with Gasteiger partial charge in [-0.3, -0.25) is 9.59 Å². The molecule has 1 saturated carbocycles. The lowest BCUT2D eigenvalue weighted by Crippen LogP contribution is -2.34. The van der Waals surface area contributed by atoms with Crippen LogP contribution in [0, 0.1) is 17.8 Å². The molecule has 0 aromatic rings. The Bertz CT molecular complexity index is 319. The van der Waals surface area contributed by atoms with Gasteiger partial charge in [0.15, 0.2) is 0 Å². The van der Waals surface area contributed by atoms with Crippen LogP contribution in [0.15, 0.2) is 0 Å². The first-order valence-corrected chi connectivity index (χ1v) is 6.33. The van der Waals surface area contributed by atoms with Gasteiger partial charge < -0.3 is 15.7 Å². The van der Waals surface area contributed by atoms with Crippen LogP contribution in [0.5, 0.6) is 0 Å². The molecular weight excluding hydrogens is 220 g/mol. The summed E-state index contributed by atoms with van der Waals surface area (Å²) in [5.74, 6) is -0.591. The molecule has 17 heavy (non-hydrogen) atoms. The summed E-state index contributed by atoms with van der Waals surface area (Å²) in [5.41, 5.74) is 5.60. The first-order valence-electron chi connectivity index (χ1n) is 6.33. The van der Waals surface area contributed by atoms with Crippen LogP contribution in [0.1, 0.15) is 25.7 Å². The van der Waals surface area contributed by atoms with Gasteiger partial charge in [0.2, 0.25) is 5.91 Å². The number of carboxylic acids is 1. The van der Waals surface area contributed by atoms with Crippen molar-refractivity contribution in [3.8, 4) is 0 Å². The van der Waals surface area contributed by atoms with Crippen LogP contribution in [0.4, 0.5) is 0 Å². The van der Waals surface area contributed by atoms with E-state index in [1.807, 2.05) is 4.90 Å². The number of carbonyl (C=O) groups is 2. The average Bonchev–Trinajstić information content (AvgIpc) is 2.97. The van der Waals surface area contributed by atoms with Crippen molar-refractivity contribution >= 4 is 11.9 Å². The lowest BCUT2D eigenvalue weighted by atomic mass is 10.0. The summed E-state index contributed by atoms with van der Waals surface area (Å²) in [6, 6.07) is 0. The molecule has 0 bridgehead atoms. The van der Waals surface area contributed by atoms with Crippen molar-refractivity contribution in [3.63, 3.8) is 0 Å². The van der Waals surface area contributed by atoms with Crippen molar-refractivity contribution in [2.24, 2.45) is 23.5 Å². The number of carboxylic acid groups (broad SMARTS) is 1. The smallest absolute Gasteiger partial charge is 0.306 e. The number of likely N-dealkylation sites (tertiary alicyclic amines) is 1. The van der Waals surface area contributed by atoms with Gasteiger partial charge in [0.05, 0.1) is 5.92 Å². The molecule has 1 amide bonds. The van der Waals surface area contributed by atoms with E-state index in [1.54, 1.807) is 0 Å². The fraction of sp³-hybridized carbons (Fsp3) is 0.833. The second-order valence-corrected chi connectivity index (χ2v) is 5.22. The highest BCUT2D eigenvalue weighted by atomic mass is 16.4. The van der Waals surface area contributed by atoms with E-state index in [4.69, 9.17) is 10.8 Å². The fourth-order valence-corrected chi connectivity index (χ4v) is 2.91. The Morgan fingerprint density at radius 2 is 1.94 bits per heavy atom. The summed E-state index contributed by atoms with van der Waals surface area (Å²) < 4.78 is 0. The average molecular weight is 240 g/mol. The van der Waals surface area contributed by atoms with Crippen LogP contribution in [-0.4, -0.2) is 41.5 Å². The zero-order valence-corrected chi connectivity index (χ0v) is 9.97. The molecule has 3 atom stereocenters. The molecule has 96 valence electrons. The van der Waals surface area contributed by atoms with E-state index >= 15 is 0 Å². The van der Waals surface area contributed by atoms with Crippen LogP contribution >= 0.6 is 0 Å². The Labute approximate surface area is 101 Å². The quantitative estimate of drug-likeness (QED) is 0.743. The molecule has 2 rings (SSSR count). The van der Waals surface area contributed by atoms with Crippen molar-refractivity contribution in [2.45, 2.75) is 25.7 Å². The molecule has 1 aliphatic heterocycles. The molecule has 1 saturated heterocycles. The van der Waals surface area contributed by atoms with Gasteiger partial charge in [-0.25, -0.2) is 0 Å². The lowest BCUT2D eigenvalue weighted by molar-refractivity contribution is -0.141. The van der Waals surface area contributed by atoms with Crippen molar-refractivity contribution in [2.75, 3.05) is 19.6 Å². The first-order chi connectivity index (χ1) is 8.11. The van der Waals surface area contributed by atoms with Gasteiger partial charge in [0.1, 0.15) is 0 Å². The highest BCUT2D eigenvalue weighted by Gasteiger charge is 2.37. The molecule has 0 aromatic carbocycles. The molecular formula is C12H20N2O3. The zero-order valence-electron chi connectivity index (χ0n) is 9.97. The Hall–Kier alpha value is -1.10. The number of amides is 1. The number of carbonyl (C=O) groups excluding carboxylic acids is 1. The van der Waals surface area contributed by atoms with Gasteiger partial charge in [-0.15, -0.1) is 0 Å². The minimum absolute atomic E-state index is 0.0763. The number of aliphatic carboxylic acids is 1. The summed E-state index contributed by atoms with van der Waals surface area (Å²) in [5, 5.41) is 8.92. The predicted octanol–water partition coefficient (Wildman–Crippen LogP) is 0.294. The molecule has 0 spiro atoms. The van der Waals surface area contributed by atoms with Gasteiger partial charge in [0, 0.05) is 19.0 Å². The van der Waals surface area contributed by atoms with Gasteiger partial charge >= 0.3 is 5.97 Å². The standard InChI is InChI=1S/C12H20N2O3/c13-6-8-3-4-14(7-8)11(15)9-1-2-10(5-9)12(16)17/h8-10H,1-7,13H2,(H,16,17). The van der Waals surface area contributed by atoms with Crippen LogP contribution < -0.4 is 5.73 Å². The fourth-order valence-electron chi connectivity index (χ4n) is 2.91. The summed E-state index contributed by atoms with van der Waals surface area (Å²) in [4.78, 5) is 24.9. The molecule has 3 unspecified atom stereocenters. The highest BCUT2D eigenvalue weighted by Crippen LogP contribution is 2.33. The molecule has 0 aromatic heterocycles. The Kier molecular flexibility index (Phi) is 3.66. The topological polar surface area (TPSA) is 83.6 Å². The Morgan fingerprint density at radius 1 is 1.24 bits per heavy atom. The predicted molar refractivity (Wildman–Crippen MR) is 62.2 cm³/mol. The highest BCUT2D eigenvalue weighted by molar-refractivity contribution is 5.81. The van der Waals surface area contributed by atoms with Crippen molar-refractivity contribution in [3.05, 3.63) is 0 Å². The monoisotopic (exact) mass is 240 g/mol. The molecule has 2 fully saturated rings. The minimum Gasteiger partial charge on any atom is -0.481 e. The van der Waals surface area contributed by atoms with E-state index in [9.17, 15) is 9.59 Å².